The topological polar surface area (TPSA) is 60.9 Å². The van der Waals surface area contributed by atoms with E-state index in [4.69, 9.17) is 0 Å². The number of benzene rings is 1. The molecule has 2 atom stereocenters. The van der Waals surface area contributed by atoms with E-state index in [1.54, 1.807) is 19.1 Å². The van der Waals surface area contributed by atoms with Crippen molar-refractivity contribution in [1.82, 2.24) is 4.31 Å². The minimum Gasteiger partial charge on any atom is -0.393 e. The monoisotopic (exact) mass is 324 g/mol. The van der Waals surface area contributed by atoms with Gasteiger partial charge in [0.1, 0.15) is 0 Å². The zero-order valence-corrected chi connectivity index (χ0v) is 14.0. The van der Waals surface area contributed by atoms with Crippen molar-refractivity contribution < 1.29 is 13.5 Å². The molecule has 2 aliphatic heterocycles. The average Bonchev–Trinajstić information content (AvgIpc) is 2.98. The molecule has 3 rings (SSSR count). The molecule has 22 heavy (non-hydrogen) atoms. The summed E-state index contributed by atoms with van der Waals surface area (Å²) in [6.45, 7) is 3.59. The number of rotatable bonds is 3. The van der Waals surface area contributed by atoms with Gasteiger partial charge in [0.15, 0.2) is 0 Å². The van der Waals surface area contributed by atoms with Crippen molar-refractivity contribution >= 4 is 15.7 Å². The summed E-state index contributed by atoms with van der Waals surface area (Å²) in [6, 6.07) is 5.47. The van der Waals surface area contributed by atoms with E-state index in [1.807, 2.05) is 13.1 Å². The Bertz CT molecular complexity index is 657. The summed E-state index contributed by atoms with van der Waals surface area (Å²) in [6.07, 6.45) is 2.38. The Balaban J connectivity index is 1.89. The molecule has 0 aromatic heterocycles. The first-order valence-corrected chi connectivity index (χ1v) is 9.36. The quantitative estimate of drug-likeness (QED) is 0.914. The molecule has 1 aromatic carbocycles. The van der Waals surface area contributed by atoms with Crippen molar-refractivity contribution in [2.75, 3.05) is 31.6 Å². The van der Waals surface area contributed by atoms with Crippen LogP contribution in [0.25, 0.3) is 0 Å². The van der Waals surface area contributed by atoms with Crippen molar-refractivity contribution in [2.24, 2.45) is 5.92 Å². The molecule has 122 valence electrons. The standard InChI is InChI=1S/C16H24N2O3S/c1-12(19)14-7-9-18(11-14)22(20,21)15-6-5-13-4-3-8-17(2)16(13)10-15/h5-6,10,12,14,19H,3-4,7-9,11H2,1-2H3. The molecule has 0 amide bonds. The molecule has 1 N–H and O–H groups in total. The lowest BCUT2D eigenvalue weighted by Gasteiger charge is -2.28. The second-order valence-corrected chi connectivity index (χ2v) is 8.41. The number of hydrogen-bond donors (Lipinski definition) is 1. The number of hydrogen-bond acceptors (Lipinski definition) is 4. The minimum absolute atomic E-state index is 0.0371. The fourth-order valence-electron chi connectivity index (χ4n) is 3.41. The SMILES string of the molecule is CC(O)C1CCN(S(=O)(=O)c2ccc3c(c2)N(C)CCC3)C1. The van der Waals surface area contributed by atoms with Crippen LogP contribution in [0.1, 0.15) is 25.3 Å². The van der Waals surface area contributed by atoms with Crippen LogP contribution in [-0.4, -0.2) is 50.6 Å². The summed E-state index contributed by atoms with van der Waals surface area (Å²) in [5.41, 5.74) is 2.24. The molecule has 1 fully saturated rings. The van der Waals surface area contributed by atoms with Gasteiger partial charge < -0.3 is 10.0 Å². The molecule has 1 aromatic rings. The Labute approximate surface area is 132 Å². The molecular formula is C16H24N2O3S. The fraction of sp³-hybridized carbons (Fsp3) is 0.625. The van der Waals surface area contributed by atoms with Crippen LogP contribution in [0.3, 0.4) is 0 Å². The fourth-order valence-corrected chi connectivity index (χ4v) is 4.95. The molecule has 0 saturated carbocycles. The number of anilines is 1. The lowest BCUT2D eigenvalue weighted by molar-refractivity contribution is 0.133. The van der Waals surface area contributed by atoms with Crippen molar-refractivity contribution in [3.05, 3.63) is 23.8 Å². The van der Waals surface area contributed by atoms with Gasteiger partial charge in [-0.1, -0.05) is 6.07 Å². The minimum atomic E-state index is -3.47. The molecule has 2 unspecified atom stereocenters. The Kier molecular flexibility index (Phi) is 4.18. The van der Waals surface area contributed by atoms with Gasteiger partial charge >= 0.3 is 0 Å². The van der Waals surface area contributed by atoms with E-state index in [9.17, 15) is 13.5 Å². The van der Waals surface area contributed by atoms with Crippen LogP contribution in [0.4, 0.5) is 5.69 Å². The number of nitrogens with zero attached hydrogens (tertiary/aromatic N) is 2. The number of aliphatic hydroxyl groups is 1. The van der Waals surface area contributed by atoms with E-state index in [-0.39, 0.29) is 5.92 Å². The normalized spacial score (nSPS) is 24.3. The lowest BCUT2D eigenvalue weighted by Crippen LogP contribution is -2.31. The summed E-state index contributed by atoms with van der Waals surface area (Å²) >= 11 is 0. The summed E-state index contributed by atoms with van der Waals surface area (Å²) in [7, 11) is -1.46. The van der Waals surface area contributed by atoms with Crippen molar-refractivity contribution in [3.63, 3.8) is 0 Å². The second-order valence-electron chi connectivity index (χ2n) is 6.47. The lowest BCUT2D eigenvalue weighted by atomic mass is 10.0. The number of fused-ring (bicyclic) bond motifs is 1. The Hall–Kier alpha value is -1.11. The zero-order chi connectivity index (χ0) is 15.9. The Morgan fingerprint density at radius 3 is 2.77 bits per heavy atom. The molecule has 0 aliphatic carbocycles. The summed E-state index contributed by atoms with van der Waals surface area (Å²) in [4.78, 5) is 2.49. The molecule has 1 saturated heterocycles. The first-order valence-electron chi connectivity index (χ1n) is 7.92. The maximum atomic E-state index is 12.8. The van der Waals surface area contributed by atoms with Crippen molar-refractivity contribution in [2.45, 2.75) is 37.2 Å². The van der Waals surface area contributed by atoms with Gasteiger partial charge in [0.25, 0.3) is 0 Å². The van der Waals surface area contributed by atoms with Gasteiger partial charge in [-0.05, 0) is 49.8 Å². The highest BCUT2D eigenvalue weighted by Gasteiger charge is 2.34. The van der Waals surface area contributed by atoms with Gasteiger partial charge in [-0.2, -0.15) is 4.31 Å². The van der Waals surface area contributed by atoms with E-state index in [2.05, 4.69) is 4.90 Å². The van der Waals surface area contributed by atoms with Crippen LogP contribution in [0, 0.1) is 5.92 Å². The highest BCUT2D eigenvalue weighted by atomic mass is 32.2. The molecule has 0 radical (unpaired) electrons. The van der Waals surface area contributed by atoms with E-state index in [1.165, 1.54) is 9.87 Å². The summed E-state index contributed by atoms with van der Waals surface area (Å²) in [5.74, 6) is 0.0371. The highest BCUT2D eigenvalue weighted by Crippen LogP contribution is 2.32. The van der Waals surface area contributed by atoms with Crippen LogP contribution in [0.5, 0.6) is 0 Å². The summed E-state index contributed by atoms with van der Waals surface area (Å²) in [5, 5.41) is 9.67. The molecular weight excluding hydrogens is 300 g/mol. The third kappa shape index (κ3) is 2.75. The number of sulfonamides is 1. The van der Waals surface area contributed by atoms with Crippen LogP contribution < -0.4 is 4.90 Å². The maximum absolute atomic E-state index is 12.8. The largest absolute Gasteiger partial charge is 0.393 e. The van der Waals surface area contributed by atoms with E-state index in [0.29, 0.717) is 18.0 Å². The third-order valence-electron chi connectivity index (χ3n) is 4.92. The highest BCUT2D eigenvalue weighted by molar-refractivity contribution is 7.89. The van der Waals surface area contributed by atoms with Crippen LogP contribution in [0.2, 0.25) is 0 Å². The predicted molar refractivity (Wildman–Crippen MR) is 86.6 cm³/mol. The third-order valence-corrected chi connectivity index (χ3v) is 6.78. The smallest absolute Gasteiger partial charge is 0.243 e. The molecule has 0 spiro atoms. The van der Waals surface area contributed by atoms with E-state index in [0.717, 1.165) is 31.5 Å². The number of aliphatic hydroxyl groups excluding tert-OH is 1. The Morgan fingerprint density at radius 1 is 1.32 bits per heavy atom. The van der Waals surface area contributed by atoms with Gasteiger partial charge in [0.05, 0.1) is 11.0 Å². The van der Waals surface area contributed by atoms with Crippen LogP contribution >= 0.6 is 0 Å². The zero-order valence-electron chi connectivity index (χ0n) is 13.2. The van der Waals surface area contributed by atoms with E-state index < -0.39 is 16.1 Å². The van der Waals surface area contributed by atoms with Crippen LogP contribution in [0.15, 0.2) is 23.1 Å². The maximum Gasteiger partial charge on any atom is 0.243 e. The first-order chi connectivity index (χ1) is 10.4. The molecule has 0 bridgehead atoms. The Morgan fingerprint density at radius 2 is 2.09 bits per heavy atom. The van der Waals surface area contributed by atoms with E-state index >= 15 is 0 Å². The average molecular weight is 324 g/mol. The van der Waals surface area contributed by atoms with Gasteiger partial charge in [0, 0.05) is 32.4 Å². The van der Waals surface area contributed by atoms with Crippen molar-refractivity contribution in [1.29, 1.82) is 0 Å². The van der Waals surface area contributed by atoms with Crippen LogP contribution in [-0.2, 0) is 16.4 Å². The first kappa shape index (κ1) is 15.8. The molecule has 6 heteroatoms. The molecule has 5 nitrogen and oxygen atoms in total. The van der Waals surface area contributed by atoms with Crippen molar-refractivity contribution in [3.8, 4) is 0 Å². The van der Waals surface area contributed by atoms with Gasteiger partial charge in [-0.3, -0.25) is 0 Å². The molecule has 2 heterocycles. The summed E-state index contributed by atoms with van der Waals surface area (Å²) < 4.78 is 27.2. The molecule has 2 aliphatic rings. The van der Waals surface area contributed by atoms with Gasteiger partial charge in [-0.15, -0.1) is 0 Å². The second kappa shape index (κ2) is 5.83. The van der Waals surface area contributed by atoms with Gasteiger partial charge in [-0.25, -0.2) is 8.42 Å². The number of aryl methyl sites for hydroxylation is 1. The van der Waals surface area contributed by atoms with Gasteiger partial charge in [0.2, 0.25) is 10.0 Å². The predicted octanol–water partition coefficient (Wildman–Crippen LogP) is 1.46.